The van der Waals surface area contributed by atoms with Crippen molar-refractivity contribution in [3.05, 3.63) is 24.3 Å². The van der Waals surface area contributed by atoms with E-state index >= 15 is 0 Å². The van der Waals surface area contributed by atoms with E-state index in [1.54, 1.807) is 6.33 Å². The van der Waals surface area contributed by atoms with Gasteiger partial charge in [0.05, 0.1) is 6.54 Å². The molecule has 7 nitrogen and oxygen atoms in total. The van der Waals surface area contributed by atoms with Crippen LogP contribution in [0, 0.1) is 0 Å². The lowest BCUT2D eigenvalue weighted by Gasteiger charge is -2.31. The summed E-state index contributed by atoms with van der Waals surface area (Å²) in [6.07, 6.45) is 5.76. The van der Waals surface area contributed by atoms with Crippen LogP contribution in [0.15, 0.2) is 12.7 Å². The van der Waals surface area contributed by atoms with E-state index in [0.29, 0.717) is 12.0 Å². The normalized spacial score (nSPS) is 20.6. The smallest absolute Gasteiger partial charge is 0.147 e. The summed E-state index contributed by atoms with van der Waals surface area (Å²) >= 11 is 0. The number of H-pyrrole nitrogens is 1. The van der Waals surface area contributed by atoms with E-state index in [-0.39, 0.29) is 0 Å². The largest absolute Gasteiger partial charge is 0.314 e. The molecule has 0 amide bonds. The fraction of sp³-hybridized carbons (Fsp3) is 0.692. The molecule has 0 bridgehead atoms. The van der Waals surface area contributed by atoms with Gasteiger partial charge in [-0.3, -0.25) is 10.00 Å². The summed E-state index contributed by atoms with van der Waals surface area (Å²) in [4.78, 5) is 6.72. The summed E-state index contributed by atoms with van der Waals surface area (Å²) in [5.74, 6) is 2.49. The zero-order chi connectivity index (χ0) is 13.9. The van der Waals surface area contributed by atoms with Crippen LogP contribution in [0.2, 0.25) is 0 Å². The number of piperidine rings is 1. The SMILES string of the molecule is CC(C)n1cnnc1CN1CCCC(c2ncn[nH]2)C1. The fourth-order valence-corrected chi connectivity index (χ4v) is 2.85. The third-order valence-electron chi connectivity index (χ3n) is 3.89. The zero-order valence-corrected chi connectivity index (χ0v) is 12.0. The Hall–Kier alpha value is -1.76. The first kappa shape index (κ1) is 13.2. The highest BCUT2D eigenvalue weighted by Gasteiger charge is 2.24. The molecule has 1 aliphatic rings. The lowest BCUT2D eigenvalue weighted by Crippen LogP contribution is -2.35. The Morgan fingerprint density at radius 3 is 3.10 bits per heavy atom. The molecular formula is C13H21N7. The lowest BCUT2D eigenvalue weighted by atomic mass is 9.97. The number of nitrogens with zero attached hydrogens (tertiary/aromatic N) is 6. The average Bonchev–Trinajstić information content (AvgIpc) is 3.10. The Morgan fingerprint density at radius 2 is 2.35 bits per heavy atom. The topological polar surface area (TPSA) is 75.5 Å². The maximum absolute atomic E-state index is 4.29. The zero-order valence-electron chi connectivity index (χ0n) is 12.0. The highest BCUT2D eigenvalue weighted by molar-refractivity contribution is 4.98. The molecule has 0 radical (unpaired) electrons. The summed E-state index contributed by atoms with van der Waals surface area (Å²) in [5.41, 5.74) is 0. The maximum Gasteiger partial charge on any atom is 0.147 e. The van der Waals surface area contributed by atoms with Crippen molar-refractivity contribution in [3.8, 4) is 0 Å². The first-order chi connectivity index (χ1) is 9.74. The average molecular weight is 275 g/mol. The minimum absolute atomic E-state index is 0.398. The fourth-order valence-electron chi connectivity index (χ4n) is 2.85. The van der Waals surface area contributed by atoms with Crippen molar-refractivity contribution in [3.63, 3.8) is 0 Å². The van der Waals surface area contributed by atoms with E-state index in [2.05, 4.69) is 48.7 Å². The molecule has 0 spiro atoms. The van der Waals surface area contributed by atoms with Gasteiger partial charge in [-0.25, -0.2) is 4.98 Å². The molecule has 1 atom stereocenters. The molecule has 1 aliphatic heterocycles. The van der Waals surface area contributed by atoms with Gasteiger partial charge in [-0.05, 0) is 33.2 Å². The van der Waals surface area contributed by atoms with Crippen LogP contribution in [-0.4, -0.2) is 47.9 Å². The van der Waals surface area contributed by atoms with Gasteiger partial charge >= 0.3 is 0 Å². The molecule has 1 unspecified atom stereocenters. The van der Waals surface area contributed by atoms with Gasteiger partial charge in [0.1, 0.15) is 24.3 Å². The Labute approximate surface area is 118 Å². The van der Waals surface area contributed by atoms with Crippen molar-refractivity contribution < 1.29 is 0 Å². The van der Waals surface area contributed by atoms with E-state index in [1.165, 1.54) is 12.8 Å². The van der Waals surface area contributed by atoms with Crippen LogP contribution in [0.4, 0.5) is 0 Å². The van der Waals surface area contributed by atoms with E-state index < -0.39 is 0 Å². The molecule has 0 saturated carbocycles. The van der Waals surface area contributed by atoms with E-state index in [1.807, 2.05) is 6.33 Å². The molecule has 3 rings (SSSR count). The monoisotopic (exact) mass is 275 g/mol. The standard InChI is InChI=1S/C13H21N7/c1-10(2)20-9-16-17-12(20)7-19-5-3-4-11(6-19)13-14-8-15-18-13/h8-11H,3-7H2,1-2H3,(H,14,15,18). The minimum Gasteiger partial charge on any atom is -0.314 e. The Bertz CT molecular complexity index is 531. The molecule has 7 heteroatoms. The van der Waals surface area contributed by atoms with Crippen molar-refractivity contribution in [1.82, 2.24) is 34.8 Å². The molecule has 1 N–H and O–H groups in total. The second kappa shape index (κ2) is 5.70. The second-order valence-corrected chi connectivity index (χ2v) is 5.69. The predicted octanol–water partition coefficient (Wildman–Crippen LogP) is 1.36. The maximum atomic E-state index is 4.29. The van der Waals surface area contributed by atoms with Gasteiger partial charge < -0.3 is 4.57 Å². The van der Waals surface area contributed by atoms with Gasteiger partial charge in [0, 0.05) is 18.5 Å². The van der Waals surface area contributed by atoms with Gasteiger partial charge in [-0.1, -0.05) is 0 Å². The van der Waals surface area contributed by atoms with Gasteiger partial charge in [0.2, 0.25) is 0 Å². The molecule has 1 saturated heterocycles. The van der Waals surface area contributed by atoms with Crippen molar-refractivity contribution in [2.75, 3.05) is 13.1 Å². The molecule has 3 heterocycles. The van der Waals surface area contributed by atoms with E-state index in [0.717, 1.165) is 31.3 Å². The first-order valence-corrected chi connectivity index (χ1v) is 7.20. The van der Waals surface area contributed by atoms with Crippen LogP contribution in [0.5, 0.6) is 0 Å². The lowest BCUT2D eigenvalue weighted by molar-refractivity contribution is 0.189. The number of likely N-dealkylation sites (tertiary alicyclic amines) is 1. The summed E-state index contributed by atoms with van der Waals surface area (Å²) in [7, 11) is 0. The number of hydrogen-bond acceptors (Lipinski definition) is 5. The number of aromatic nitrogens is 6. The summed E-state index contributed by atoms with van der Waals surface area (Å²) < 4.78 is 2.14. The van der Waals surface area contributed by atoms with Gasteiger partial charge in [-0.2, -0.15) is 5.10 Å². The van der Waals surface area contributed by atoms with Crippen LogP contribution in [0.1, 0.15) is 50.3 Å². The molecule has 20 heavy (non-hydrogen) atoms. The van der Waals surface area contributed by atoms with Crippen molar-refractivity contribution in [2.45, 2.75) is 45.2 Å². The Balaban J connectivity index is 1.67. The molecule has 0 aliphatic carbocycles. The van der Waals surface area contributed by atoms with Crippen LogP contribution < -0.4 is 0 Å². The van der Waals surface area contributed by atoms with Crippen molar-refractivity contribution in [2.24, 2.45) is 0 Å². The van der Waals surface area contributed by atoms with Crippen LogP contribution in [-0.2, 0) is 6.54 Å². The molecule has 2 aromatic rings. The summed E-state index contributed by atoms with van der Waals surface area (Å²) in [6.45, 7) is 7.26. The highest BCUT2D eigenvalue weighted by Crippen LogP contribution is 2.25. The Morgan fingerprint density at radius 1 is 1.45 bits per heavy atom. The van der Waals surface area contributed by atoms with Gasteiger partial charge in [0.25, 0.3) is 0 Å². The summed E-state index contributed by atoms with van der Waals surface area (Å²) in [5, 5.41) is 15.2. The van der Waals surface area contributed by atoms with Gasteiger partial charge in [-0.15, -0.1) is 10.2 Å². The van der Waals surface area contributed by atoms with Crippen LogP contribution in [0.3, 0.4) is 0 Å². The predicted molar refractivity (Wildman–Crippen MR) is 74.0 cm³/mol. The van der Waals surface area contributed by atoms with E-state index in [9.17, 15) is 0 Å². The second-order valence-electron chi connectivity index (χ2n) is 5.69. The Kier molecular flexibility index (Phi) is 3.77. The molecule has 108 valence electrons. The third kappa shape index (κ3) is 2.72. The summed E-state index contributed by atoms with van der Waals surface area (Å²) in [6, 6.07) is 0.398. The third-order valence-corrected chi connectivity index (χ3v) is 3.89. The minimum atomic E-state index is 0.398. The van der Waals surface area contributed by atoms with Gasteiger partial charge in [0.15, 0.2) is 0 Å². The highest BCUT2D eigenvalue weighted by atomic mass is 15.3. The molecule has 0 aromatic carbocycles. The number of nitrogens with one attached hydrogen (secondary N) is 1. The molecular weight excluding hydrogens is 254 g/mol. The quantitative estimate of drug-likeness (QED) is 0.911. The van der Waals surface area contributed by atoms with E-state index in [4.69, 9.17) is 0 Å². The molecule has 1 fully saturated rings. The first-order valence-electron chi connectivity index (χ1n) is 7.20. The van der Waals surface area contributed by atoms with Crippen LogP contribution >= 0.6 is 0 Å². The number of aromatic amines is 1. The number of hydrogen-bond donors (Lipinski definition) is 1. The van der Waals surface area contributed by atoms with Crippen molar-refractivity contribution >= 4 is 0 Å². The number of rotatable bonds is 4. The molecule has 2 aromatic heterocycles. The van der Waals surface area contributed by atoms with Crippen molar-refractivity contribution in [1.29, 1.82) is 0 Å². The van der Waals surface area contributed by atoms with Crippen LogP contribution in [0.25, 0.3) is 0 Å².